The van der Waals surface area contributed by atoms with Crippen molar-refractivity contribution >= 4 is 16.8 Å². The van der Waals surface area contributed by atoms with Crippen molar-refractivity contribution in [2.45, 2.75) is 25.5 Å². The number of carbonyl (C=O) groups excluding carboxylic acids is 1. The number of amides is 1. The molecule has 1 spiro atoms. The standard InChI is InChI=1S/C21H27N3O3/c1-16(2)23-9-11-26-15-21(13-23)14-24(10-12-27-21)20(25)19-8-7-17-5-3-4-6-18(17)22-19/h3-8,16H,9-15H2,1-2H3. The van der Waals surface area contributed by atoms with Gasteiger partial charge in [-0.15, -0.1) is 0 Å². The third-order valence-corrected chi connectivity index (χ3v) is 5.46. The van der Waals surface area contributed by atoms with E-state index in [2.05, 4.69) is 23.7 Å². The molecule has 1 aromatic heterocycles. The van der Waals surface area contributed by atoms with Gasteiger partial charge in [0.1, 0.15) is 11.3 Å². The molecule has 2 aliphatic rings. The predicted molar refractivity (Wildman–Crippen MR) is 104 cm³/mol. The molecule has 2 aromatic rings. The number of benzene rings is 1. The number of pyridine rings is 1. The van der Waals surface area contributed by atoms with Crippen LogP contribution in [0.5, 0.6) is 0 Å². The first-order valence-electron chi connectivity index (χ1n) is 9.67. The van der Waals surface area contributed by atoms with Gasteiger partial charge in [-0.25, -0.2) is 4.98 Å². The summed E-state index contributed by atoms with van der Waals surface area (Å²) in [6, 6.07) is 12.1. The summed E-state index contributed by atoms with van der Waals surface area (Å²) in [5, 5.41) is 1.04. The lowest BCUT2D eigenvalue weighted by Gasteiger charge is -2.44. The van der Waals surface area contributed by atoms with E-state index in [0.29, 0.717) is 44.6 Å². The molecule has 1 aromatic carbocycles. The smallest absolute Gasteiger partial charge is 0.272 e. The molecule has 0 N–H and O–H groups in total. The Morgan fingerprint density at radius 3 is 2.81 bits per heavy atom. The largest absolute Gasteiger partial charge is 0.377 e. The monoisotopic (exact) mass is 369 g/mol. The second kappa shape index (κ2) is 7.54. The molecule has 2 saturated heterocycles. The van der Waals surface area contributed by atoms with Crippen LogP contribution in [0.4, 0.5) is 0 Å². The molecule has 3 heterocycles. The van der Waals surface area contributed by atoms with Crippen LogP contribution in [0.2, 0.25) is 0 Å². The van der Waals surface area contributed by atoms with Gasteiger partial charge in [0.25, 0.3) is 5.91 Å². The second-order valence-corrected chi connectivity index (χ2v) is 7.76. The topological polar surface area (TPSA) is 54.9 Å². The van der Waals surface area contributed by atoms with Gasteiger partial charge in [-0.05, 0) is 26.0 Å². The lowest BCUT2D eigenvalue weighted by molar-refractivity contribution is -0.134. The first kappa shape index (κ1) is 18.3. The summed E-state index contributed by atoms with van der Waals surface area (Å²) in [4.78, 5) is 21.9. The molecule has 6 nitrogen and oxygen atoms in total. The van der Waals surface area contributed by atoms with Crippen molar-refractivity contribution in [1.82, 2.24) is 14.8 Å². The van der Waals surface area contributed by atoms with Crippen molar-refractivity contribution in [1.29, 1.82) is 0 Å². The number of carbonyl (C=O) groups is 1. The molecule has 2 fully saturated rings. The molecule has 27 heavy (non-hydrogen) atoms. The van der Waals surface area contributed by atoms with E-state index < -0.39 is 5.60 Å². The van der Waals surface area contributed by atoms with E-state index in [1.807, 2.05) is 41.3 Å². The highest BCUT2D eigenvalue weighted by Gasteiger charge is 2.42. The number of rotatable bonds is 2. The molecule has 0 saturated carbocycles. The second-order valence-electron chi connectivity index (χ2n) is 7.76. The zero-order valence-corrected chi connectivity index (χ0v) is 16.1. The fraction of sp³-hybridized carbons (Fsp3) is 0.524. The van der Waals surface area contributed by atoms with Crippen LogP contribution in [0.15, 0.2) is 36.4 Å². The normalized spacial score (nSPS) is 24.5. The SMILES string of the molecule is CC(C)N1CCOCC2(CN(C(=O)c3ccc4ccccc4n3)CCO2)C1. The summed E-state index contributed by atoms with van der Waals surface area (Å²) in [5.74, 6) is -0.0382. The fourth-order valence-electron chi connectivity index (χ4n) is 3.92. The molecule has 4 rings (SSSR count). The van der Waals surface area contributed by atoms with Crippen molar-refractivity contribution in [3.8, 4) is 0 Å². The fourth-order valence-corrected chi connectivity index (χ4v) is 3.92. The first-order valence-corrected chi connectivity index (χ1v) is 9.67. The summed E-state index contributed by atoms with van der Waals surface area (Å²) in [6.45, 7) is 8.89. The Morgan fingerprint density at radius 1 is 1.11 bits per heavy atom. The number of ether oxygens (including phenoxy) is 2. The quantitative estimate of drug-likeness (QED) is 0.812. The number of nitrogens with zero attached hydrogens (tertiary/aromatic N) is 3. The van der Waals surface area contributed by atoms with E-state index in [0.717, 1.165) is 24.0 Å². The van der Waals surface area contributed by atoms with E-state index >= 15 is 0 Å². The molecular weight excluding hydrogens is 342 g/mol. The number of hydrogen-bond acceptors (Lipinski definition) is 5. The minimum atomic E-state index is -0.467. The van der Waals surface area contributed by atoms with Gasteiger partial charge in [0.2, 0.25) is 0 Å². The lowest BCUT2D eigenvalue weighted by Crippen LogP contribution is -2.60. The molecule has 2 aliphatic heterocycles. The maximum atomic E-state index is 13.1. The summed E-state index contributed by atoms with van der Waals surface area (Å²) < 4.78 is 12.0. The van der Waals surface area contributed by atoms with Gasteiger partial charge in [-0.3, -0.25) is 9.69 Å². The first-order chi connectivity index (χ1) is 13.1. The maximum Gasteiger partial charge on any atom is 0.272 e. The zero-order chi connectivity index (χ0) is 18.9. The minimum absolute atomic E-state index is 0.0382. The van der Waals surface area contributed by atoms with Crippen molar-refractivity contribution in [3.63, 3.8) is 0 Å². The average Bonchev–Trinajstić information content (AvgIpc) is 2.90. The highest BCUT2D eigenvalue weighted by Crippen LogP contribution is 2.25. The van der Waals surface area contributed by atoms with Gasteiger partial charge in [-0.2, -0.15) is 0 Å². The van der Waals surface area contributed by atoms with Crippen LogP contribution in [0.3, 0.4) is 0 Å². The van der Waals surface area contributed by atoms with E-state index in [1.165, 1.54) is 0 Å². The number of aromatic nitrogens is 1. The van der Waals surface area contributed by atoms with Gasteiger partial charge in [-0.1, -0.05) is 24.3 Å². The molecule has 0 bridgehead atoms. The van der Waals surface area contributed by atoms with Gasteiger partial charge >= 0.3 is 0 Å². The van der Waals surface area contributed by atoms with Crippen LogP contribution >= 0.6 is 0 Å². The van der Waals surface area contributed by atoms with E-state index in [1.54, 1.807) is 0 Å². The summed E-state index contributed by atoms with van der Waals surface area (Å²) in [6.07, 6.45) is 0. The highest BCUT2D eigenvalue weighted by molar-refractivity contribution is 5.95. The molecule has 6 heteroatoms. The van der Waals surface area contributed by atoms with Crippen molar-refractivity contribution in [3.05, 3.63) is 42.1 Å². The summed E-state index contributed by atoms with van der Waals surface area (Å²) in [5.41, 5.74) is 0.863. The predicted octanol–water partition coefficient (Wildman–Crippen LogP) is 2.19. The molecule has 144 valence electrons. The van der Waals surface area contributed by atoms with E-state index in [9.17, 15) is 4.79 Å². The van der Waals surface area contributed by atoms with Crippen molar-refractivity contribution in [2.75, 3.05) is 46.0 Å². The third kappa shape index (κ3) is 3.83. The average molecular weight is 369 g/mol. The Morgan fingerprint density at radius 2 is 1.96 bits per heavy atom. The molecule has 1 amide bonds. The molecule has 0 radical (unpaired) electrons. The van der Waals surface area contributed by atoms with Crippen LogP contribution in [-0.4, -0.2) is 78.3 Å². The number of fused-ring (bicyclic) bond motifs is 1. The number of hydrogen-bond donors (Lipinski definition) is 0. The van der Waals surface area contributed by atoms with Crippen LogP contribution in [-0.2, 0) is 9.47 Å². The maximum absolute atomic E-state index is 13.1. The van der Waals surface area contributed by atoms with E-state index in [-0.39, 0.29) is 5.91 Å². The molecule has 0 aliphatic carbocycles. The van der Waals surface area contributed by atoms with Crippen molar-refractivity contribution < 1.29 is 14.3 Å². The molecule has 1 atom stereocenters. The van der Waals surface area contributed by atoms with Gasteiger partial charge in [0.05, 0.1) is 31.9 Å². The van der Waals surface area contributed by atoms with Crippen LogP contribution in [0.1, 0.15) is 24.3 Å². The molecule has 1 unspecified atom stereocenters. The van der Waals surface area contributed by atoms with Gasteiger partial charge in [0, 0.05) is 31.1 Å². The van der Waals surface area contributed by atoms with E-state index in [4.69, 9.17) is 9.47 Å². The number of para-hydroxylation sites is 1. The minimum Gasteiger partial charge on any atom is -0.377 e. The summed E-state index contributed by atoms with van der Waals surface area (Å²) >= 11 is 0. The lowest BCUT2D eigenvalue weighted by atomic mass is 10.0. The van der Waals surface area contributed by atoms with Crippen LogP contribution in [0.25, 0.3) is 10.9 Å². The Hall–Kier alpha value is -2.02. The Labute approximate surface area is 160 Å². The Kier molecular flexibility index (Phi) is 5.12. The van der Waals surface area contributed by atoms with Crippen molar-refractivity contribution in [2.24, 2.45) is 0 Å². The highest BCUT2D eigenvalue weighted by atomic mass is 16.5. The Bertz CT molecular complexity index is 825. The Balaban J connectivity index is 1.55. The van der Waals surface area contributed by atoms with Crippen LogP contribution < -0.4 is 0 Å². The zero-order valence-electron chi connectivity index (χ0n) is 16.1. The third-order valence-electron chi connectivity index (χ3n) is 5.46. The number of morpholine rings is 1. The summed E-state index contributed by atoms with van der Waals surface area (Å²) in [7, 11) is 0. The van der Waals surface area contributed by atoms with Crippen LogP contribution in [0, 0.1) is 0 Å². The van der Waals surface area contributed by atoms with Gasteiger partial charge in [0.15, 0.2) is 0 Å². The molecular formula is C21H27N3O3. The van der Waals surface area contributed by atoms with Gasteiger partial charge < -0.3 is 14.4 Å².